The number of nitrogens with two attached hydrogens (primary N) is 1. The molecule has 0 radical (unpaired) electrons. The van der Waals surface area contributed by atoms with Crippen LogP contribution in [0.5, 0.6) is 0 Å². The minimum absolute atomic E-state index is 0.0316. The van der Waals surface area contributed by atoms with E-state index < -0.39 is 26.7 Å². The third-order valence-corrected chi connectivity index (χ3v) is 4.75. The van der Waals surface area contributed by atoms with E-state index in [1.165, 1.54) is 6.92 Å². The number of sulfone groups is 1. The molecule has 1 amide bonds. The van der Waals surface area contributed by atoms with Gasteiger partial charge in [-0.25, -0.2) is 8.42 Å². The van der Waals surface area contributed by atoms with Crippen LogP contribution < -0.4 is 11.1 Å². The number of amides is 1. The van der Waals surface area contributed by atoms with Crippen LogP contribution in [0.25, 0.3) is 0 Å². The molecule has 0 heterocycles. The molecule has 0 bridgehead atoms. The number of hydrogen-bond donors (Lipinski definition) is 2. The SMILES string of the molecule is CC(C)C(C)NC(=O)CS(=O)(=O)C(C)CN. The van der Waals surface area contributed by atoms with Gasteiger partial charge in [0.15, 0.2) is 9.84 Å². The van der Waals surface area contributed by atoms with Gasteiger partial charge in [-0.1, -0.05) is 13.8 Å². The molecule has 0 aromatic rings. The van der Waals surface area contributed by atoms with Gasteiger partial charge in [-0.2, -0.15) is 0 Å². The fourth-order valence-electron chi connectivity index (χ4n) is 0.934. The van der Waals surface area contributed by atoms with Gasteiger partial charge in [-0.15, -0.1) is 0 Å². The maximum Gasteiger partial charge on any atom is 0.235 e. The van der Waals surface area contributed by atoms with Crippen molar-refractivity contribution in [2.45, 2.75) is 39.0 Å². The molecule has 0 aromatic carbocycles. The number of carbonyl (C=O) groups is 1. The summed E-state index contributed by atoms with van der Waals surface area (Å²) in [5.74, 6) is -0.664. The fraction of sp³-hybridized carbons (Fsp3) is 0.900. The predicted molar refractivity (Wildman–Crippen MR) is 64.7 cm³/mol. The van der Waals surface area contributed by atoms with Gasteiger partial charge in [0.1, 0.15) is 5.75 Å². The molecule has 0 fully saturated rings. The molecule has 16 heavy (non-hydrogen) atoms. The number of hydrogen-bond acceptors (Lipinski definition) is 4. The molecule has 2 unspecified atom stereocenters. The molecular formula is C10H22N2O3S. The van der Waals surface area contributed by atoms with Gasteiger partial charge in [0.05, 0.1) is 5.25 Å². The van der Waals surface area contributed by atoms with E-state index in [-0.39, 0.29) is 18.5 Å². The second-order valence-electron chi connectivity index (χ2n) is 4.45. The topological polar surface area (TPSA) is 89.3 Å². The van der Waals surface area contributed by atoms with Crippen LogP contribution in [-0.2, 0) is 14.6 Å². The number of carbonyl (C=O) groups excluding carboxylic acids is 1. The quantitative estimate of drug-likeness (QED) is 0.689. The summed E-state index contributed by atoms with van der Waals surface area (Å²) < 4.78 is 23.2. The van der Waals surface area contributed by atoms with Crippen molar-refractivity contribution in [2.24, 2.45) is 11.7 Å². The van der Waals surface area contributed by atoms with Crippen LogP contribution in [0.4, 0.5) is 0 Å². The van der Waals surface area contributed by atoms with Gasteiger partial charge in [-0.05, 0) is 19.8 Å². The Bertz CT molecular complexity index is 325. The molecule has 6 heteroatoms. The summed E-state index contributed by atoms with van der Waals surface area (Å²) in [7, 11) is -3.42. The Balaban J connectivity index is 4.36. The van der Waals surface area contributed by atoms with Gasteiger partial charge in [0.25, 0.3) is 0 Å². The van der Waals surface area contributed by atoms with Crippen LogP contribution in [0, 0.1) is 5.92 Å². The lowest BCUT2D eigenvalue weighted by atomic mass is 10.1. The van der Waals surface area contributed by atoms with Crippen LogP contribution in [0.3, 0.4) is 0 Å². The van der Waals surface area contributed by atoms with Gasteiger partial charge in [-0.3, -0.25) is 4.79 Å². The van der Waals surface area contributed by atoms with Crippen molar-refractivity contribution in [3.05, 3.63) is 0 Å². The fourth-order valence-corrected chi connectivity index (χ4v) is 1.96. The van der Waals surface area contributed by atoms with E-state index in [1.807, 2.05) is 20.8 Å². The highest BCUT2D eigenvalue weighted by atomic mass is 32.2. The molecule has 0 spiro atoms. The van der Waals surface area contributed by atoms with Gasteiger partial charge < -0.3 is 11.1 Å². The Morgan fingerprint density at radius 1 is 1.25 bits per heavy atom. The summed E-state index contributed by atoms with van der Waals surface area (Å²) in [5.41, 5.74) is 5.27. The maximum absolute atomic E-state index is 11.6. The lowest BCUT2D eigenvalue weighted by molar-refractivity contribution is -0.119. The highest BCUT2D eigenvalue weighted by Gasteiger charge is 2.24. The average Bonchev–Trinajstić information content (AvgIpc) is 2.14. The summed E-state index contributed by atoms with van der Waals surface area (Å²) >= 11 is 0. The Morgan fingerprint density at radius 3 is 2.12 bits per heavy atom. The van der Waals surface area contributed by atoms with E-state index in [1.54, 1.807) is 0 Å². The molecule has 96 valence electrons. The van der Waals surface area contributed by atoms with Crippen LogP contribution in [-0.4, -0.2) is 37.9 Å². The Kier molecular flexibility index (Phi) is 5.96. The van der Waals surface area contributed by atoms with Gasteiger partial charge in [0.2, 0.25) is 5.91 Å². The highest BCUT2D eigenvalue weighted by Crippen LogP contribution is 2.03. The first-order valence-electron chi connectivity index (χ1n) is 5.41. The molecule has 0 rings (SSSR count). The molecule has 0 aliphatic rings. The number of rotatable bonds is 6. The normalized spacial score (nSPS) is 15.9. The van der Waals surface area contributed by atoms with Crippen molar-refractivity contribution < 1.29 is 13.2 Å². The standard InChI is InChI=1S/C10H22N2O3S/c1-7(2)9(4)12-10(13)6-16(14,15)8(3)5-11/h7-9H,5-6,11H2,1-4H3,(H,12,13). The molecule has 0 aromatic heterocycles. The minimum atomic E-state index is -3.42. The Labute approximate surface area is 97.7 Å². The summed E-state index contributed by atoms with van der Waals surface area (Å²) in [6, 6.07) is -0.0316. The lowest BCUT2D eigenvalue weighted by Gasteiger charge is -2.18. The third kappa shape index (κ3) is 4.94. The maximum atomic E-state index is 11.6. The van der Waals surface area contributed by atoms with Crippen molar-refractivity contribution in [2.75, 3.05) is 12.3 Å². The van der Waals surface area contributed by atoms with Crippen molar-refractivity contribution >= 4 is 15.7 Å². The summed E-state index contributed by atoms with van der Waals surface area (Å²) in [6.45, 7) is 7.31. The molecule has 3 N–H and O–H groups in total. The second kappa shape index (κ2) is 6.20. The summed E-state index contributed by atoms with van der Waals surface area (Å²) in [6.07, 6.45) is 0. The van der Waals surface area contributed by atoms with E-state index in [2.05, 4.69) is 5.32 Å². The summed E-state index contributed by atoms with van der Waals surface area (Å²) in [4.78, 5) is 11.5. The monoisotopic (exact) mass is 250 g/mol. The van der Waals surface area contributed by atoms with Crippen LogP contribution in [0.15, 0.2) is 0 Å². The van der Waals surface area contributed by atoms with Gasteiger partial charge in [0, 0.05) is 12.6 Å². The predicted octanol–water partition coefficient (Wildman–Crippen LogP) is -0.0909. The van der Waals surface area contributed by atoms with Crippen molar-refractivity contribution in [3.63, 3.8) is 0 Å². The number of nitrogens with one attached hydrogen (secondary N) is 1. The smallest absolute Gasteiger partial charge is 0.235 e. The zero-order valence-corrected chi connectivity index (χ0v) is 11.2. The van der Waals surface area contributed by atoms with Gasteiger partial charge >= 0.3 is 0 Å². The molecular weight excluding hydrogens is 228 g/mol. The molecule has 0 aliphatic carbocycles. The lowest BCUT2D eigenvalue weighted by Crippen LogP contribution is -2.42. The van der Waals surface area contributed by atoms with Crippen molar-refractivity contribution in [1.29, 1.82) is 0 Å². The van der Waals surface area contributed by atoms with E-state index in [4.69, 9.17) is 5.73 Å². The molecule has 0 saturated heterocycles. The van der Waals surface area contributed by atoms with Crippen LogP contribution >= 0.6 is 0 Å². The Hall–Kier alpha value is -0.620. The molecule has 0 aliphatic heterocycles. The van der Waals surface area contributed by atoms with Crippen LogP contribution in [0.2, 0.25) is 0 Å². The minimum Gasteiger partial charge on any atom is -0.353 e. The first-order valence-corrected chi connectivity index (χ1v) is 7.13. The van der Waals surface area contributed by atoms with Crippen molar-refractivity contribution in [1.82, 2.24) is 5.32 Å². The van der Waals surface area contributed by atoms with E-state index >= 15 is 0 Å². The van der Waals surface area contributed by atoms with E-state index in [0.717, 1.165) is 0 Å². The Morgan fingerprint density at radius 2 is 1.75 bits per heavy atom. The molecule has 0 saturated carbocycles. The first kappa shape index (κ1) is 15.4. The highest BCUT2D eigenvalue weighted by molar-refractivity contribution is 7.92. The first-order chi connectivity index (χ1) is 7.20. The van der Waals surface area contributed by atoms with Crippen molar-refractivity contribution in [3.8, 4) is 0 Å². The second-order valence-corrected chi connectivity index (χ2v) is 6.87. The zero-order chi connectivity index (χ0) is 12.9. The largest absolute Gasteiger partial charge is 0.353 e. The third-order valence-electron chi connectivity index (χ3n) is 2.67. The molecule has 2 atom stereocenters. The van der Waals surface area contributed by atoms with Crippen LogP contribution in [0.1, 0.15) is 27.7 Å². The summed E-state index contributed by atoms with van der Waals surface area (Å²) in [5, 5.41) is 1.98. The van der Waals surface area contributed by atoms with E-state index in [9.17, 15) is 13.2 Å². The zero-order valence-electron chi connectivity index (χ0n) is 10.4. The average molecular weight is 250 g/mol. The van der Waals surface area contributed by atoms with E-state index in [0.29, 0.717) is 0 Å². The molecule has 5 nitrogen and oxygen atoms in total.